The Labute approximate surface area is 103 Å². The standard InChI is InChI=1S/C10H19NO5S/c1-3-4-16-5-6-17(15)7-9(10(13)14)11-8(2)12/h9H,3-7H2,1-2H3,(H,11,12)(H,13,14)/t9-,17?/m0/s1. The van der Waals surface area contributed by atoms with E-state index >= 15 is 0 Å². The van der Waals surface area contributed by atoms with Crippen LogP contribution in [0.15, 0.2) is 0 Å². The number of ether oxygens (including phenoxy) is 1. The summed E-state index contributed by atoms with van der Waals surface area (Å²) in [6.45, 7) is 4.13. The summed E-state index contributed by atoms with van der Waals surface area (Å²) in [5, 5.41) is 11.0. The largest absolute Gasteiger partial charge is 0.480 e. The maximum Gasteiger partial charge on any atom is 0.327 e. The monoisotopic (exact) mass is 265 g/mol. The minimum Gasteiger partial charge on any atom is -0.480 e. The fourth-order valence-corrected chi connectivity index (χ4v) is 2.16. The fraction of sp³-hybridized carbons (Fsp3) is 0.800. The molecule has 0 radical (unpaired) electrons. The Morgan fingerprint density at radius 3 is 2.53 bits per heavy atom. The molecule has 0 aliphatic carbocycles. The molecule has 6 nitrogen and oxygen atoms in total. The summed E-state index contributed by atoms with van der Waals surface area (Å²) in [7, 11) is -1.31. The van der Waals surface area contributed by atoms with Gasteiger partial charge < -0.3 is 15.2 Å². The zero-order valence-electron chi connectivity index (χ0n) is 10.1. The van der Waals surface area contributed by atoms with E-state index in [1.54, 1.807) is 0 Å². The Morgan fingerprint density at radius 1 is 1.41 bits per heavy atom. The average molecular weight is 265 g/mol. The molecule has 2 N–H and O–H groups in total. The first kappa shape index (κ1) is 16.1. The van der Waals surface area contributed by atoms with E-state index in [1.807, 2.05) is 6.92 Å². The molecular weight excluding hydrogens is 246 g/mol. The Balaban J connectivity index is 3.96. The van der Waals surface area contributed by atoms with Gasteiger partial charge in [0.05, 0.1) is 12.4 Å². The normalized spacial score (nSPS) is 14.0. The summed E-state index contributed by atoms with van der Waals surface area (Å²) in [5.41, 5.74) is 0. The molecular formula is C10H19NO5S. The maximum absolute atomic E-state index is 11.5. The molecule has 0 heterocycles. The third-order valence-electron chi connectivity index (χ3n) is 1.83. The highest BCUT2D eigenvalue weighted by Gasteiger charge is 2.20. The number of carboxylic acids is 1. The number of hydrogen-bond acceptors (Lipinski definition) is 4. The van der Waals surface area contributed by atoms with Gasteiger partial charge in [-0.3, -0.25) is 9.00 Å². The van der Waals surface area contributed by atoms with Crippen molar-refractivity contribution in [2.75, 3.05) is 24.7 Å². The highest BCUT2D eigenvalue weighted by molar-refractivity contribution is 7.85. The van der Waals surface area contributed by atoms with Gasteiger partial charge >= 0.3 is 5.97 Å². The van der Waals surface area contributed by atoms with Crippen LogP contribution in [0.2, 0.25) is 0 Å². The van der Waals surface area contributed by atoms with E-state index in [0.29, 0.717) is 13.2 Å². The summed E-state index contributed by atoms with van der Waals surface area (Å²) in [6, 6.07) is -1.10. The molecule has 0 aromatic heterocycles. The van der Waals surface area contributed by atoms with Gasteiger partial charge in [0.15, 0.2) is 0 Å². The number of carboxylic acid groups (broad SMARTS) is 1. The Hall–Kier alpha value is -0.950. The second-order valence-electron chi connectivity index (χ2n) is 3.51. The highest BCUT2D eigenvalue weighted by atomic mass is 32.2. The van der Waals surface area contributed by atoms with Gasteiger partial charge in [0.1, 0.15) is 6.04 Å². The predicted octanol–water partition coefficient (Wildman–Crippen LogP) is -0.249. The summed E-state index contributed by atoms with van der Waals surface area (Å²) in [6.07, 6.45) is 0.885. The molecule has 0 aliphatic heterocycles. The zero-order valence-corrected chi connectivity index (χ0v) is 10.9. The molecule has 0 aliphatic rings. The molecule has 2 atom stereocenters. The molecule has 0 aromatic rings. The van der Waals surface area contributed by atoms with Gasteiger partial charge in [-0.15, -0.1) is 0 Å². The number of carbonyl (C=O) groups is 2. The van der Waals surface area contributed by atoms with Gasteiger partial charge in [0, 0.05) is 30.1 Å². The molecule has 0 bridgehead atoms. The molecule has 0 rings (SSSR count). The molecule has 17 heavy (non-hydrogen) atoms. The number of amides is 1. The van der Waals surface area contributed by atoms with Crippen LogP contribution in [-0.4, -0.2) is 52.0 Å². The molecule has 0 fully saturated rings. The van der Waals surface area contributed by atoms with E-state index < -0.39 is 28.7 Å². The lowest BCUT2D eigenvalue weighted by Gasteiger charge is -2.12. The molecule has 7 heteroatoms. The molecule has 1 amide bonds. The Bertz CT molecular complexity index is 282. The molecule has 0 saturated carbocycles. The third kappa shape index (κ3) is 8.82. The first-order chi connectivity index (χ1) is 7.97. The van der Waals surface area contributed by atoms with E-state index in [0.717, 1.165) is 6.42 Å². The van der Waals surface area contributed by atoms with Crippen molar-refractivity contribution < 1.29 is 23.6 Å². The maximum atomic E-state index is 11.5. The lowest BCUT2D eigenvalue weighted by molar-refractivity contribution is -0.140. The van der Waals surface area contributed by atoms with Crippen LogP contribution < -0.4 is 5.32 Å². The first-order valence-corrected chi connectivity index (χ1v) is 6.88. The fourth-order valence-electron chi connectivity index (χ4n) is 1.09. The third-order valence-corrected chi connectivity index (χ3v) is 3.16. The highest BCUT2D eigenvalue weighted by Crippen LogP contribution is 1.93. The van der Waals surface area contributed by atoms with Crippen molar-refractivity contribution >= 4 is 22.7 Å². The number of carbonyl (C=O) groups excluding carboxylic acids is 1. The van der Waals surface area contributed by atoms with Gasteiger partial charge in [-0.25, -0.2) is 4.79 Å². The van der Waals surface area contributed by atoms with Gasteiger partial charge in [-0.1, -0.05) is 6.92 Å². The number of nitrogens with one attached hydrogen (secondary N) is 1. The van der Waals surface area contributed by atoms with E-state index in [9.17, 15) is 13.8 Å². The van der Waals surface area contributed by atoms with Crippen LogP contribution in [0.5, 0.6) is 0 Å². The summed E-state index contributed by atoms with van der Waals surface area (Å²) in [5.74, 6) is -1.44. The van der Waals surface area contributed by atoms with Gasteiger partial charge in [0.25, 0.3) is 0 Å². The van der Waals surface area contributed by atoms with Crippen molar-refractivity contribution in [1.29, 1.82) is 0 Å². The van der Waals surface area contributed by atoms with Crippen LogP contribution in [0.3, 0.4) is 0 Å². The molecule has 1 unspecified atom stereocenters. The van der Waals surface area contributed by atoms with Gasteiger partial charge in [-0.05, 0) is 6.42 Å². The second-order valence-corrected chi connectivity index (χ2v) is 5.14. The lowest BCUT2D eigenvalue weighted by Crippen LogP contribution is -2.43. The van der Waals surface area contributed by atoms with Crippen LogP contribution in [0.4, 0.5) is 0 Å². The lowest BCUT2D eigenvalue weighted by atomic mass is 10.3. The van der Waals surface area contributed by atoms with E-state index in [4.69, 9.17) is 9.84 Å². The zero-order chi connectivity index (χ0) is 13.3. The smallest absolute Gasteiger partial charge is 0.327 e. The summed E-state index contributed by atoms with van der Waals surface area (Å²) >= 11 is 0. The molecule has 100 valence electrons. The second kappa shape index (κ2) is 9.12. The van der Waals surface area contributed by atoms with Gasteiger partial charge in [-0.2, -0.15) is 0 Å². The van der Waals surface area contributed by atoms with Gasteiger partial charge in [0.2, 0.25) is 5.91 Å². The average Bonchev–Trinajstić information content (AvgIpc) is 2.22. The van der Waals surface area contributed by atoms with Crippen LogP contribution in [0.25, 0.3) is 0 Å². The van der Waals surface area contributed by atoms with Crippen molar-refractivity contribution in [3.05, 3.63) is 0 Å². The van der Waals surface area contributed by atoms with Crippen LogP contribution in [-0.2, 0) is 25.1 Å². The summed E-state index contributed by atoms with van der Waals surface area (Å²) < 4.78 is 16.7. The van der Waals surface area contributed by atoms with Crippen molar-refractivity contribution in [3.8, 4) is 0 Å². The topological polar surface area (TPSA) is 92.7 Å². The quantitative estimate of drug-likeness (QED) is 0.561. The van der Waals surface area contributed by atoms with Crippen molar-refractivity contribution in [1.82, 2.24) is 5.32 Å². The van der Waals surface area contributed by atoms with Crippen molar-refractivity contribution in [3.63, 3.8) is 0 Å². The minimum absolute atomic E-state index is 0.0929. The molecule has 0 spiro atoms. The Morgan fingerprint density at radius 2 is 2.06 bits per heavy atom. The predicted molar refractivity (Wildman–Crippen MR) is 64.2 cm³/mol. The summed E-state index contributed by atoms with van der Waals surface area (Å²) in [4.78, 5) is 21.5. The van der Waals surface area contributed by atoms with Crippen LogP contribution in [0, 0.1) is 0 Å². The van der Waals surface area contributed by atoms with Crippen LogP contribution in [0.1, 0.15) is 20.3 Å². The molecule has 0 aromatic carbocycles. The number of rotatable bonds is 9. The number of aliphatic carboxylic acids is 1. The van der Waals surface area contributed by atoms with E-state index in [-0.39, 0.29) is 11.5 Å². The first-order valence-electron chi connectivity index (χ1n) is 5.40. The Kier molecular flexibility index (Phi) is 8.61. The van der Waals surface area contributed by atoms with Crippen molar-refractivity contribution in [2.45, 2.75) is 26.3 Å². The SMILES string of the molecule is CCCOCCS(=O)C[C@H](NC(C)=O)C(=O)O. The minimum atomic E-state index is -1.31. The number of hydrogen-bond donors (Lipinski definition) is 2. The van der Waals surface area contributed by atoms with E-state index in [2.05, 4.69) is 5.32 Å². The molecule has 0 saturated heterocycles. The van der Waals surface area contributed by atoms with Crippen molar-refractivity contribution in [2.24, 2.45) is 0 Å². The van der Waals surface area contributed by atoms with Crippen LogP contribution >= 0.6 is 0 Å². The van der Waals surface area contributed by atoms with E-state index in [1.165, 1.54) is 6.92 Å².